The Morgan fingerprint density at radius 1 is 1.29 bits per heavy atom. The molecule has 6 nitrogen and oxygen atoms in total. The Balaban J connectivity index is 1.66. The summed E-state index contributed by atoms with van der Waals surface area (Å²) in [5.41, 5.74) is 7.78. The van der Waals surface area contributed by atoms with Crippen molar-refractivity contribution in [3.05, 3.63) is 35.4 Å². The Bertz CT molecular complexity index is 598. The standard InChI is InChI=1S/C18H25N3O3/c1-13-2-4-14(5-3-13)10-21(15-6-7-15)17(22)11-20-8-9-24-12-16(20)18(19)23/h2-5,15-16H,6-12H2,1H3,(H2,19,23). The molecule has 0 spiro atoms. The first-order valence-electron chi connectivity index (χ1n) is 8.50. The van der Waals surface area contributed by atoms with Crippen molar-refractivity contribution in [3.8, 4) is 0 Å². The lowest BCUT2D eigenvalue weighted by Crippen LogP contribution is -2.55. The third kappa shape index (κ3) is 4.13. The van der Waals surface area contributed by atoms with Gasteiger partial charge in [-0.05, 0) is 25.3 Å². The summed E-state index contributed by atoms with van der Waals surface area (Å²) in [4.78, 5) is 28.2. The molecule has 1 saturated heterocycles. The molecule has 1 atom stereocenters. The first-order valence-corrected chi connectivity index (χ1v) is 8.50. The number of rotatable bonds is 6. The second-order valence-electron chi connectivity index (χ2n) is 6.70. The van der Waals surface area contributed by atoms with E-state index in [1.54, 1.807) is 0 Å². The molecule has 6 heteroatoms. The summed E-state index contributed by atoms with van der Waals surface area (Å²) in [6, 6.07) is 8.08. The Morgan fingerprint density at radius 3 is 2.62 bits per heavy atom. The lowest BCUT2D eigenvalue weighted by molar-refractivity contribution is -0.139. The number of nitrogens with zero attached hydrogens (tertiary/aromatic N) is 2. The molecule has 1 aliphatic carbocycles. The van der Waals surface area contributed by atoms with Gasteiger partial charge in [0.05, 0.1) is 19.8 Å². The lowest BCUT2D eigenvalue weighted by Gasteiger charge is -2.34. The predicted molar refractivity (Wildman–Crippen MR) is 90.1 cm³/mol. The molecule has 24 heavy (non-hydrogen) atoms. The van der Waals surface area contributed by atoms with Crippen molar-refractivity contribution in [1.82, 2.24) is 9.80 Å². The average molecular weight is 331 g/mol. The third-order valence-electron chi connectivity index (χ3n) is 4.69. The van der Waals surface area contributed by atoms with E-state index in [9.17, 15) is 9.59 Å². The zero-order valence-corrected chi connectivity index (χ0v) is 14.1. The normalized spacial score (nSPS) is 21.5. The SMILES string of the molecule is Cc1ccc(CN(C(=O)CN2CCOCC2C(N)=O)C2CC2)cc1. The highest BCUT2D eigenvalue weighted by Gasteiger charge is 2.35. The number of aryl methyl sites for hydroxylation is 1. The largest absolute Gasteiger partial charge is 0.378 e. The Hall–Kier alpha value is -1.92. The molecule has 1 aromatic rings. The molecule has 2 aliphatic rings. The number of carbonyl (C=O) groups excluding carboxylic acids is 2. The maximum absolute atomic E-state index is 12.8. The zero-order chi connectivity index (χ0) is 17.1. The molecular weight excluding hydrogens is 306 g/mol. The van der Waals surface area contributed by atoms with E-state index >= 15 is 0 Å². The molecule has 1 unspecified atom stereocenters. The number of hydrogen-bond donors (Lipinski definition) is 1. The number of carbonyl (C=O) groups is 2. The van der Waals surface area contributed by atoms with Crippen LogP contribution in [0.5, 0.6) is 0 Å². The van der Waals surface area contributed by atoms with E-state index in [1.165, 1.54) is 5.56 Å². The minimum absolute atomic E-state index is 0.0613. The Kier molecular flexibility index (Phi) is 5.16. The van der Waals surface area contributed by atoms with Gasteiger partial charge in [-0.2, -0.15) is 0 Å². The average Bonchev–Trinajstić information content (AvgIpc) is 3.39. The molecule has 0 aromatic heterocycles. The Morgan fingerprint density at radius 2 is 2.00 bits per heavy atom. The van der Waals surface area contributed by atoms with Crippen molar-refractivity contribution >= 4 is 11.8 Å². The van der Waals surface area contributed by atoms with Gasteiger partial charge in [0.2, 0.25) is 11.8 Å². The van der Waals surface area contributed by atoms with Crippen LogP contribution in [0.2, 0.25) is 0 Å². The molecule has 1 heterocycles. The third-order valence-corrected chi connectivity index (χ3v) is 4.69. The van der Waals surface area contributed by atoms with Crippen LogP contribution < -0.4 is 5.73 Å². The van der Waals surface area contributed by atoms with Crippen molar-refractivity contribution in [1.29, 1.82) is 0 Å². The zero-order valence-electron chi connectivity index (χ0n) is 14.1. The smallest absolute Gasteiger partial charge is 0.237 e. The molecule has 0 bridgehead atoms. The molecule has 130 valence electrons. The van der Waals surface area contributed by atoms with Crippen molar-refractivity contribution in [2.45, 2.75) is 38.4 Å². The van der Waals surface area contributed by atoms with Crippen molar-refractivity contribution in [2.24, 2.45) is 5.73 Å². The first kappa shape index (κ1) is 16.9. The van der Waals surface area contributed by atoms with Gasteiger partial charge in [0, 0.05) is 19.1 Å². The van der Waals surface area contributed by atoms with E-state index in [2.05, 4.69) is 31.2 Å². The van der Waals surface area contributed by atoms with Crippen LogP contribution in [0.15, 0.2) is 24.3 Å². The quantitative estimate of drug-likeness (QED) is 0.831. The molecule has 1 aliphatic heterocycles. The van der Waals surface area contributed by atoms with E-state index < -0.39 is 11.9 Å². The van der Waals surface area contributed by atoms with E-state index in [0.717, 1.165) is 18.4 Å². The minimum atomic E-state index is -0.511. The van der Waals surface area contributed by atoms with E-state index in [1.807, 2.05) is 9.80 Å². The molecule has 0 radical (unpaired) electrons. The van der Waals surface area contributed by atoms with Gasteiger partial charge in [-0.25, -0.2) is 0 Å². The Labute approximate surface area is 142 Å². The molecule has 2 fully saturated rings. The highest BCUT2D eigenvalue weighted by molar-refractivity contribution is 5.83. The van der Waals surface area contributed by atoms with Crippen LogP contribution in [0, 0.1) is 6.92 Å². The summed E-state index contributed by atoms with van der Waals surface area (Å²) in [5.74, 6) is -0.370. The van der Waals surface area contributed by atoms with Crippen LogP contribution in [-0.4, -0.2) is 60.0 Å². The topological polar surface area (TPSA) is 75.9 Å². The number of amides is 2. The summed E-state index contributed by atoms with van der Waals surface area (Å²) in [6.07, 6.45) is 2.11. The predicted octanol–water partition coefficient (Wildman–Crippen LogP) is 0.672. The molecule has 2 N–H and O–H groups in total. The molecule has 1 aromatic carbocycles. The maximum atomic E-state index is 12.8. The minimum Gasteiger partial charge on any atom is -0.378 e. The molecule has 3 rings (SSSR count). The molecule has 1 saturated carbocycles. The summed E-state index contributed by atoms with van der Waals surface area (Å²) >= 11 is 0. The van der Waals surface area contributed by atoms with Crippen molar-refractivity contribution < 1.29 is 14.3 Å². The number of nitrogens with two attached hydrogens (primary N) is 1. The van der Waals surface area contributed by atoms with Gasteiger partial charge in [0.15, 0.2) is 0 Å². The first-order chi connectivity index (χ1) is 11.5. The van der Waals surface area contributed by atoms with Gasteiger partial charge in [-0.1, -0.05) is 29.8 Å². The number of primary amides is 1. The maximum Gasteiger partial charge on any atom is 0.237 e. The van der Waals surface area contributed by atoms with Gasteiger partial charge in [-0.3, -0.25) is 14.5 Å². The number of hydrogen-bond acceptors (Lipinski definition) is 4. The summed E-state index contributed by atoms with van der Waals surface area (Å²) in [7, 11) is 0. The number of ether oxygens (including phenoxy) is 1. The van der Waals surface area contributed by atoms with Gasteiger partial charge in [0.1, 0.15) is 6.04 Å². The van der Waals surface area contributed by atoms with Crippen molar-refractivity contribution in [2.75, 3.05) is 26.3 Å². The fraction of sp³-hybridized carbons (Fsp3) is 0.556. The van der Waals surface area contributed by atoms with Crippen LogP contribution >= 0.6 is 0 Å². The van der Waals surface area contributed by atoms with Crippen LogP contribution in [0.1, 0.15) is 24.0 Å². The van der Waals surface area contributed by atoms with Gasteiger partial charge < -0.3 is 15.4 Å². The molecular formula is C18H25N3O3. The number of morpholine rings is 1. The summed E-state index contributed by atoms with van der Waals surface area (Å²) in [6.45, 7) is 4.25. The molecule has 2 amide bonds. The van der Waals surface area contributed by atoms with Crippen LogP contribution in [-0.2, 0) is 20.9 Å². The van der Waals surface area contributed by atoms with Gasteiger partial charge in [0.25, 0.3) is 0 Å². The highest BCUT2D eigenvalue weighted by atomic mass is 16.5. The van der Waals surface area contributed by atoms with E-state index in [4.69, 9.17) is 10.5 Å². The van der Waals surface area contributed by atoms with E-state index in [-0.39, 0.29) is 19.1 Å². The van der Waals surface area contributed by atoms with Gasteiger partial charge in [-0.15, -0.1) is 0 Å². The van der Waals surface area contributed by atoms with E-state index in [0.29, 0.717) is 25.7 Å². The number of benzene rings is 1. The fourth-order valence-electron chi connectivity index (χ4n) is 3.05. The summed E-state index contributed by atoms with van der Waals surface area (Å²) < 4.78 is 5.31. The van der Waals surface area contributed by atoms with Crippen LogP contribution in [0.25, 0.3) is 0 Å². The van der Waals surface area contributed by atoms with Crippen molar-refractivity contribution in [3.63, 3.8) is 0 Å². The highest BCUT2D eigenvalue weighted by Crippen LogP contribution is 2.29. The monoisotopic (exact) mass is 331 g/mol. The fourth-order valence-corrected chi connectivity index (χ4v) is 3.05. The summed E-state index contributed by atoms with van der Waals surface area (Å²) in [5, 5.41) is 0. The second kappa shape index (κ2) is 7.32. The lowest BCUT2D eigenvalue weighted by atomic mass is 10.1. The van der Waals surface area contributed by atoms with Crippen LogP contribution in [0.4, 0.5) is 0 Å². The second-order valence-corrected chi connectivity index (χ2v) is 6.70. The van der Waals surface area contributed by atoms with Gasteiger partial charge >= 0.3 is 0 Å². The van der Waals surface area contributed by atoms with Crippen LogP contribution in [0.3, 0.4) is 0 Å².